The molecule has 0 saturated heterocycles. The number of halogens is 8. The standard InChI is InChI=1S/C13H7Cl2F6N3OS/c1-5-10(26(25)13(19,20)21)11(22-2)23-24(5)9-7(14)3-6(4-8(9)15)12(16,17)18/h3-4H,2H2,1H3. The molecule has 0 aliphatic carbocycles. The van der Waals surface area contributed by atoms with E-state index in [1.165, 1.54) is 0 Å². The summed E-state index contributed by atoms with van der Waals surface area (Å²) >= 11 is 11.7. The minimum Gasteiger partial charge on any atom is -0.245 e. The second kappa shape index (κ2) is 6.86. The van der Waals surface area contributed by atoms with Gasteiger partial charge in [-0.2, -0.15) is 26.3 Å². The molecule has 4 nitrogen and oxygen atoms in total. The van der Waals surface area contributed by atoms with Crippen molar-refractivity contribution in [2.45, 2.75) is 23.5 Å². The molecule has 0 saturated carbocycles. The van der Waals surface area contributed by atoms with Crippen LogP contribution in [0.2, 0.25) is 10.0 Å². The molecule has 1 atom stereocenters. The lowest BCUT2D eigenvalue weighted by Crippen LogP contribution is -2.17. The Bertz CT molecular complexity index is 884. The Labute approximate surface area is 154 Å². The number of hydrogen-bond donors (Lipinski definition) is 0. The van der Waals surface area contributed by atoms with Crippen LogP contribution < -0.4 is 0 Å². The summed E-state index contributed by atoms with van der Waals surface area (Å²) in [5.41, 5.74) is -6.88. The molecule has 142 valence electrons. The van der Waals surface area contributed by atoms with Gasteiger partial charge in [-0.3, -0.25) is 0 Å². The third kappa shape index (κ3) is 3.74. The van der Waals surface area contributed by atoms with Crippen LogP contribution in [0, 0.1) is 6.92 Å². The van der Waals surface area contributed by atoms with Crippen LogP contribution in [0.15, 0.2) is 22.0 Å². The van der Waals surface area contributed by atoms with Gasteiger partial charge in [0.25, 0.3) is 0 Å². The summed E-state index contributed by atoms with van der Waals surface area (Å²) in [6, 6.07) is 1.09. The molecule has 0 spiro atoms. The molecule has 26 heavy (non-hydrogen) atoms. The average molecular weight is 438 g/mol. The lowest BCUT2D eigenvalue weighted by molar-refractivity contribution is -0.137. The fourth-order valence-corrected chi connectivity index (χ4v) is 3.56. The summed E-state index contributed by atoms with van der Waals surface area (Å²) in [6.45, 7) is 4.17. The Morgan fingerprint density at radius 3 is 2.04 bits per heavy atom. The Balaban J connectivity index is 2.74. The van der Waals surface area contributed by atoms with Crippen molar-refractivity contribution in [2.75, 3.05) is 0 Å². The third-order valence-corrected chi connectivity index (χ3v) is 4.99. The van der Waals surface area contributed by atoms with E-state index in [-0.39, 0.29) is 11.4 Å². The highest BCUT2D eigenvalue weighted by atomic mass is 35.5. The first kappa shape index (κ1) is 20.7. The molecule has 1 aromatic heterocycles. The van der Waals surface area contributed by atoms with Gasteiger partial charge < -0.3 is 0 Å². The Kier molecular flexibility index (Phi) is 5.46. The van der Waals surface area contributed by atoms with Crippen LogP contribution >= 0.6 is 23.2 Å². The van der Waals surface area contributed by atoms with Crippen molar-refractivity contribution in [1.29, 1.82) is 0 Å². The van der Waals surface area contributed by atoms with Gasteiger partial charge in [-0.05, 0) is 25.8 Å². The maximum Gasteiger partial charge on any atom is 0.476 e. The molecule has 0 N–H and O–H groups in total. The van der Waals surface area contributed by atoms with Crippen LogP contribution in [0.4, 0.5) is 32.2 Å². The van der Waals surface area contributed by atoms with Crippen molar-refractivity contribution in [3.63, 3.8) is 0 Å². The van der Waals surface area contributed by atoms with Crippen LogP contribution in [-0.4, -0.2) is 26.2 Å². The predicted molar refractivity (Wildman–Crippen MR) is 85.0 cm³/mol. The van der Waals surface area contributed by atoms with Gasteiger partial charge in [-0.15, -0.1) is 5.10 Å². The molecule has 0 aliphatic heterocycles. The molecule has 13 heteroatoms. The highest BCUT2D eigenvalue weighted by molar-refractivity contribution is 7.86. The van der Waals surface area contributed by atoms with Crippen molar-refractivity contribution < 1.29 is 30.6 Å². The first-order valence-corrected chi connectivity index (χ1v) is 8.31. The topological polar surface area (TPSA) is 47.2 Å². The molecular weight excluding hydrogens is 431 g/mol. The molecule has 1 heterocycles. The fourth-order valence-electron chi connectivity index (χ4n) is 2.06. The molecule has 2 aromatic rings. The Hall–Kier alpha value is -1.59. The SMILES string of the molecule is C=Nc1nn(-c2c(Cl)cc(C(F)(F)F)cc2Cl)c(C)c1S(=O)C(F)(F)F. The minimum atomic E-state index is -5.11. The van der Waals surface area contributed by atoms with E-state index in [1.54, 1.807) is 0 Å². The number of benzene rings is 1. The molecule has 1 unspecified atom stereocenters. The van der Waals surface area contributed by atoms with Gasteiger partial charge in [0.1, 0.15) is 10.6 Å². The van der Waals surface area contributed by atoms with Gasteiger partial charge in [0.15, 0.2) is 16.6 Å². The number of rotatable bonds is 3. The van der Waals surface area contributed by atoms with E-state index < -0.39 is 48.8 Å². The van der Waals surface area contributed by atoms with E-state index in [2.05, 4.69) is 16.8 Å². The van der Waals surface area contributed by atoms with E-state index in [0.717, 1.165) is 11.6 Å². The summed E-state index contributed by atoms with van der Waals surface area (Å²) in [4.78, 5) is 2.49. The van der Waals surface area contributed by atoms with Gasteiger partial charge >= 0.3 is 11.7 Å². The summed E-state index contributed by atoms with van der Waals surface area (Å²) in [5, 5.41) is 2.65. The number of aliphatic imine (C=N–C) groups is 1. The van der Waals surface area contributed by atoms with E-state index in [9.17, 15) is 30.6 Å². The largest absolute Gasteiger partial charge is 0.476 e. The maximum atomic E-state index is 12.8. The molecule has 2 rings (SSSR count). The van der Waals surface area contributed by atoms with Gasteiger partial charge in [-0.25, -0.2) is 13.9 Å². The van der Waals surface area contributed by atoms with Crippen molar-refractivity contribution in [3.05, 3.63) is 33.4 Å². The lowest BCUT2D eigenvalue weighted by atomic mass is 10.2. The monoisotopic (exact) mass is 437 g/mol. The van der Waals surface area contributed by atoms with E-state index in [0.29, 0.717) is 12.1 Å². The number of aromatic nitrogens is 2. The quantitative estimate of drug-likeness (QED) is 0.472. The maximum absolute atomic E-state index is 12.8. The predicted octanol–water partition coefficient (Wildman–Crippen LogP) is 5.47. The first-order valence-electron chi connectivity index (χ1n) is 6.40. The molecule has 0 amide bonds. The van der Waals surface area contributed by atoms with Crippen LogP contribution in [0.5, 0.6) is 0 Å². The summed E-state index contributed by atoms with van der Waals surface area (Å²) in [5.74, 6) is -0.606. The Morgan fingerprint density at radius 1 is 1.15 bits per heavy atom. The normalized spacial score (nSPS) is 13.7. The van der Waals surface area contributed by atoms with Crippen molar-refractivity contribution in [1.82, 2.24) is 9.78 Å². The van der Waals surface area contributed by atoms with Crippen molar-refractivity contribution in [3.8, 4) is 5.69 Å². The van der Waals surface area contributed by atoms with Crippen LogP contribution in [0.25, 0.3) is 5.69 Å². The number of hydrogen-bond acceptors (Lipinski definition) is 3. The van der Waals surface area contributed by atoms with E-state index >= 15 is 0 Å². The summed E-state index contributed by atoms with van der Waals surface area (Å²) in [6.07, 6.45) is -4.73. The zero-order valence-corrected chi connectivity index (χ0v) is 14.9. The minimum absolute atomic E-state index is 0.311. The number of alkyl halides is 6. The smallest absolute Gasteiger partial charge is 0.245 e. The second-order valence-electron chi connectivity index (χ2n) is 4.81. The highest BCUT2D eigenvalue weighted by Gasteiger charge is 2.42. The van der Waals surface area contributed by atoms with Gasteiger partial charge in [-0.1, -0.05) is 23.2 Å². The Morgan fingerprint density at radius 2 is 1.65 bits per heavy atom. The molecule has 0 radical (unpaired) electrons. The van der Waals surface area contributed by atoms with Gasteiger partial charge in [0.05, 0.1) is 21.3 Å². The van der Waals surface area contributed by atoms with Crippen LogP contribution in [0.3, 0.4) is 0 Å². The molecular formula is C13H7Cl2F6N3OS. The van der Waals surface area contributed by atoms with E-state index in [1.807, 2.05) is 0 Å². The third-order valence-electron chi connectivity index (χ3n) is 3.15. The molecule has 0 fully saturated rings. The van der Waals surface area contributed by atoms with Gasteiger partial charge in [0.2, 0.25) is 0 Å². The lowest BCUT2D eigenvalue weighted by Gasteiger charge is -2.13. The van der Waals surface area contributed by atoms with Crippen LogP contribution in [0.1, 0.15) is 11.3 Å². The van der Waals surface area contributed by atoms with E-state index in [4.69, 9.17) is 23.2 Å². The van der Waals surface area contributed by atoms with Crippen LogP contribution in [-0.2, 0) is 17.0 Å². The summed E-state index contributed by atoms with van der Waals surface area (Å²) in [7, 11) is -3.49. The molecule has 0 aliphatic rings. The van der Waals surface area contributed by atoms with Crippen molar-refractivity contribution >= 4 is 46.5 Å². The second-order valence-corrected chi connectivity index (χ2v) is 7.03. The average Bonchev–Trinajstić information content (AvgIpc) is 2.80. The van der Waals surface area contributed by atoms with Crippen molar-refractivity contribution in [2.24, 2.45) is 4.99 Å². The summed E-state index contributed by atoms with van der Waals surface area (Å²) < 4.78 is 89.2. The molecule has 1 aromatic carbocycles. The number of nitrogens with zero attached hydrogens (tertiary/aromatic N) is 3. The fraction of sp³-hybridized carbons (Fsp3) is 0.231. The zero-order chi connectivity index (χ0) is 20.0. The van der Waals surface area contributed by atoms with Gasteiger partial charge in [0, 0.05) is 0 Å². The zero-order valence-electron chi connectivity index (χ0n) is 12.5. The molecule has 0 bridgehead atoms. The first-order chi connectivity index (χ1) is 11.8. The highest BCUT2D eigenvalue weighted by Crippen LogP contribution is 2.40.